The van der Waals surface area contributed by atoms with Crippen molar-refractivity contribution in [3.8, 4) is 0 Å². The fraction of sp³-hybridized carbons (Fsp3) is 0.909. The molecule has 0 rings (SSSR count). The SMILES string of the molecule is C=CC(=O)OCCCCCCCCCCCC(C)(C)CCCCCCCCCCCCCCCC. The largest absolute Gasteiger partial charge is 0.463 e. The van der Waals surface area contributed by atoms with Crippen molar-refractivity contribution < 1.29 is 9.53 Å². The predicted molar refractivity (Wildman–Crippen MR) is 156 cm³/mol. The van der Waals surface area contributed by atoms with Crippen LogP contribution in [0, 0.1) is 5.41 Å². The van der Waals surface area contributed by atoms with Gasteiger partial charge in [0.05, 0.1) is 6.61 Å². The molecular formula is C33H64O2. The van der Waals surface area contributed by atoms with E-state index in [0.29, 0.717) is 12.0 Å². The molecule has 0 aliphatic carbocycles. The first-order valence-electron chi connectivity index (χ1n) is 15.8. The van der Waals surface area contributed by atoms with Crippen LogP contribution in [0.15, 0.2) is 12.7 Å². The Morgan fingerprint density at radius 2 is 0.886 bits per heavy atom. The molecule has 2 nitrogen and oxygen atoms in total. The van der Waals surface area contributed by atoms with Crippen LogP contribution in [0.1, 0.15) is 181 Å². The molecule has 0 aromatic carbocycles. The zero-order valence-corrected chi connectivity index (χ0v) is 24.5. The Morgan fingerprint density at radius 1 is 0.571 bits per heavy atom. The van der Waals surface area contributed by atoms with E-state index in [1.165, 1.54) is 154 Å². The fourth-order valence-electron chi connectivity index (χ4n) is 5.10. The normalized spacial score (nSPS) is 11.6. The van der Waals surface area contributed by atoms with Crippen LogP contribution in [0.5, 0.6) is 0 Å². The van der Waals surface area contributed by atoms with Crippen molar-refractivity contribution in [1.29, 1.82) is 0 Å². The van der Waals surface area contributed by atoms with Gasteiger partial charge in [0.25, 0.3) is 0 Å². The highest BCUT2D eigenvalue weighted by atomic mass is 16.5. The lowest BCUT2D eigenvalue weighted by molar-refractivity contribution is -0.137. The quantitative estimate of drug-likeness (QED) is 0.0616. The Morgan fingerprint density at radius 3 is 1.23 bits per heavy atom. The Labute approximate surface area is 221 Å². The highest BCUT2D eigenvalue weighted by Crippen LogP contribution is 2.30. The molecule has 0 bridgehead atoms. The van der Waals surface area contributed by atoms with Gasteiger partial charge in [-0.15, -0.1) is 0 Å². The number of esters is 1. The van der Waals surface area contributed by atoms with Crippen molar-refractivity contribution in [2.24, 2.45) is 5.41 Å². The minimum atomic E-state index is -0.298. The summed E-state index contributed by atoms with van der Waals surface area (Å²) in [6, 6.07) is 0. The second-order valence-electron chi connectivity index (χ2n) is 11.8. The lowest BCUT2D eigenvalue weighted by atomic mass is 9.82. The van der Waals surface area contributed by atoms with Crippen molar-refractivity contribution in [3.05, 3.63) is 12.7 Å². The molecule has 0 aliphatic heterocycles. The third kappa shape index (κ3) is 27.6. The van der Waals surface area contributed by atoms with Crippen LogP contribution in [-0.2, 0) is 9.53 Å². The van der Waals surface area contributed by atoms with Gasteiger partial charge in [-0.3, -0.25) is 0 Å². The molecule has 0 saturated carbocycles. The van der Waals surface area contributed by atoms with E-state index in [1.807, 2.05) is 0 Å². The summed E-state index contributed by atoms with van der Waals surface area (Å²) in [4.78, 5) is 11.0. The summed E-state index contributed by atoms with van der Waals surface area (Å²) >= 11 is 0. The van der Waals surface area contributed by atoms with E-state index < -0.39 is 0 Å². The second kappa shape index (κ2) is 26.3. The zero-order chi connectivity index (χ0) is 25.9. The fourth-order valence-corrected chi connectivity index (χ4v) is 5.10. The Kier molecular flexibility index (Phi) is 25.7. The van der Waals surface area contributed by atoms with E-state index in [-0.39, 0.29) is 5.97 Å². The van der Waals surface area contributed by atoms with Gasteiger partial charge in [-0.05, 0) is 24.7 Å². The number of hydrogen-bond donors (Lipinski definition) is 0. The minimum absolute atomic E-state index is 0.298. The number of unbranched alkanes of at least 4 members (excludes halogenated alkanes) is 21. The first-order valence-corrected chi connectivity index (χ1v) is 15.8. The van der Waals surface area contributed by atoms with Crippen molar-refractivity contribution in [2.75, 3.05) is 6.61 Å². The molecule has 0 amide bonds. The average molecular weight is 493 g/mol. The number of hydrogen-bond acceptors (Lipinski definition) is 2. The maximum Gasteiger partial charge on any atom is 0.330 e. The molecule has 0 fully saturated rings. The summed E-state index contributed by atoms with van der Waals surface area (Å²) in [6.07, 6.45) is 36.0. The molecule has 0 aromatic heterocycles. The average Bonchev–Trinajstić information content (AvgIpc) is 2.84. The van der Waals surface area contributed by atoms with Crippen molar-refractivity contribution in [3.63, 3.8) is 0 Å². The third-order valence-electron chi connectivity index (χ3n) is 7.62. The van der Waals surface area contributed by atoms with Crippen LogP contribution in [0.25, 0.3) is 0 Å². The van der Waals surface area contributed by atoms with Crippen LogP contribution < -0.4 is 0 Å². The summed E-state index contributed by atoms with van der Waals surface area (Å²) < 4.78 is 5.01. The van der Waals surface area contributed by atoms with E-state index in [0.717, 1.165) is 12.8 Å². The molecule has 0 spiro atoms. The maximum absolute atomic E-state index is 11.0. The van der Waals surface area contributed by atoms with Gasteiger partial charge in [-0.2, -0.15) is 0 Å². The topological polar surface area (TPSA) is 26.3 Å². The molecule has 0 atom stereocenters. The Balaban J connectivity index is 3.31. The van der Waals surface area contributed by atoms with Gasteiger partial charge >= 0.3 is 5.97 Å². The minimum Gasteiger partial charge on any atom is -0.463 e. The summed E-state index contributed by atoms with van der Waals surface area (Å²) in [5, 5.41) is 0. The van der Waals surface area contributed by atoms with Gasteiger partial charge in [-0.25, -0.2) is 4.79 Å². The highest BCUT2D eigenvalue weighted by Gasteiger charge is 2.16. The van der Waals surface area contributed by atoms with E-state index in [9.17, 15) is 4.79 Å². The van der Waals surface area contributed by atoms with Crippen LogP contribution in [0.3, 0.4) is 0 Å². The van der Waals surface area contributed by atoms with Crippen LogP contribution in [-0.4, -0.2) is 12.6 Å². The van der Waals surface area contributed by atoms with Gasteiger partial charge in [0.2, 0.25) is 0 Å². The molecule has 35 heavy (non-hydrogen) atoms. The molecular weight excluding hydrogens is 428 g/mol. The molecule has 2 heteroatoms. The molecule has 0 N–H and O–H groups in total. The van der Waals surface area contributed by atoms with Gasteiger partial charge in [0.1, 0.15) is 0 Å². The lowest BCUT2D eigenvalue weighted by Crippen LogP contribution is -2.11. The molecule has 0 aromatic rings. The second-order valence-corrected chi connectivity index (χ2v) is 11.8. The van der Waals surface area contributed by atoms with Crippen molar-refractivity contribution in [2.45, 2.75) is 181 Å². The number of rotatable bonds is 28. The lowest BCUT2D eigenvalue weighted by Gasteiger charge is -2.24. The maximum atomic E-state index is 11.0. The summed E-state index contributed by atoms with van der Waals surface area (Å²) in [7, 11) is 0. The van der Waals surface area contributed by atoms with Gasteiger partial charge in [-0.1, -0.05) is 169 Å². The smallest absolute Gasteiger partial charge is 0.330 e. The predicted octanol–water partition coefficient (Wildman–Crippen LogP) is 11.5. The number of carbonyl (C=O) groups excluding carboxylic acids is 1. The Bertz CT molecular complexity index is 454. The standard InChI is InChI=1S/C33H64O2/c1-5-7-8-9-10-11-12-13-14-15-17-20-23-26-29-33(3,4)30-27-24-21-18-16-19-22-25-28-31-35-32(34)6-2/h6H,2,5,7-31H2,1,3-4H3. The summed E-state index contributed by atoms with van der Waals surface area (Å²) in [5.41, 5.74) is 0.534. The van der Waals surface area contributed by atoms with Crippen LogP contribution in [0.4, 0.5) is 0 Å². The highest BCUT2D eigenvalue weighted by molar-refractivity contribution is 5.81. The molecule has 0 unspecified atom stereocenters. The monoisotopic (exact) mass is 492 g/mol. The number of carbonyl (C=O) groups is 1. The van der Waals surface area contributed by atoms with E-state index in [4.69, 9.17) is 4.74 Å². The van der Waals surface area contributed by atoms with Gasteiger partial charge < -0.3 is 4.74 Å². The van der Waals surface area contributed by atoms with Gasteiger partial charge in [0, 0.05) is 6.08 Å². The van der Waals surface area contributed by atoms with E-state index >= 15 is 0 Å². The van der Waals surface area contributed by atoms with Gasteiger partial charge in [0.15, 0.2) is 0 Å². The van der Waals surface area contributed by atoms with E-state index in [2.05, 4.69) is 27.4 Å². The third-order valence-corrected chi connectivity index (χ3v) is 7.62. The van der Waals surface area contributed by atoms with Crippen molar-refractivity contribution >= 4 is 5.97 Å². The molecule has 0 aliphatic rings. The first kappa shape index (κ1) is 34.2. The van der Waals surface area contributed by atoms with Crippen LogP contribution in [0.2, 0.25) is 0 Å². The first-order chi connectivity index (χ1) is 17.0. The van der Waals surface area contributed by atoms with Crippen molar-refractivity contribution in [1.82, 2.24) is 0 Å². The van der Waals surface area contributed by atoms with E-state index in [1.54, 1.807) is 0 Å². The number of ether oxygens (including phenoxy) is 1. The van der Waals surface area contributed by atoms with Crippen LogP contribution >= 0.6 is 0 Å². The summed E-state index contributed by atoms with van der Waals surface area (Å²) in [6.45, 7) is 11.2. The Hall–Kier alpha value is -0.790. The zero-order valence-electron chi connectivity index (χ0n) is 24.5. The summed E-state index contributed by atoms with van der Waals surface area (Å²) in [5.74, 6) is -0.298. The molecule has 0 heterocycles. The molecule has 0 saturated heterocycles. The molecule has 0 radical (unpaired) electrons. The molecule has 208 valence electrons.